The fourth-order valence-corrected chi connectivity index (χ4v) is 10.1. The second kappa shape index (κ2) is 8.84. The van der Waals surface area contributed by atoms with Crippen LogP contribution < -0.4 is 28.7 Å². The van der Waals surface area contributed by atoms with Crippen molar-refractivity contribution in [2.24, 2.45) is 5.92 Å². The molecular formula is C25H28Cl2Ti. The van der Waals surface area contributed by atoms with Gasteiger partial charge < -0.3 is 24.8 Å². The van der Waals surface area contributed by atoms with Crippen molar-refractivity contribution in [2.45, 2.75) is 48.0 Å². The molecule has 2 aliphatic rings. The third-order valence-electron chi connectivity index (χ3n) is 6.53. The maximum absolute atomic E-state index is 2.45. The number of hydrogen-bond acceptors (Lipinski definition) is 0. The molecule has 2 aromatic rings. The van der Waals surface area contributed by atoms with Crippen molar-refractivity contribution >= 4 is 7.68 Å². The number of hydrogen-bond donors (Lipinski definition) is 0. The molecule has 4 rings (SSSR count). The fourth-order valence-electron chi connectivity index (χ4n) is 4.84. The van der Waals surface area contributed by atoms with E-state index in [-0.39, 0.29) is 24.8 Å². The predicted molar refractivity (Wildman–Crippen MR) is 111 cm³/mol. The summed E-state index contributed by atoms with van der Waals surface area (Å²) < 4.78 is 5.13. The first-order valence-corrected chi connectivity index (χ1v) is 12.0. The molecule has 0 radical (unpaired) electrons. The molecule has 0 aromatic heterocycles. The number of fused-ring (bicyclic) bond motifs is 3. The van der Waals surface area contributed by atoms with E-state index in [4.69, 9.17) is 0 Å². The van der Waals surface area contributed by atoms with Gasteiger partial charge in [-0.2, -0.15) is 0 Å². The van der Waals surface area contributed by atoms with E-state index in [1.54, 1.807) is 28.3 Å². The zero-order valence-electron chi connectivity index (χ0n) is 17.6. The summed E-state index contributed by atoms with van der Waals surface area (Å²) >= 11 is -1.68. The average molecular weight is 447 g/mol. The molecule has 1 atom stereocenters. The summed E-state index contributed by atoms with van der Waals surface area (Å²) in [7, 11) is 0. The van der Waals surface area contributed by atoms with E-state index in [9.17, 15) is 0 Å². The van der Waals surface area contributed by atoms with Crippen molar-refractivity contribution in [3.8, 4) is 11.1 Å². The number of allylic oxidation sites excluding steroid dienone is 4. The number of benzene rings is 2. The number of rotatable bonds is 2. The van der Waals surface area contributed by atoms with Gasteiger partial charge in [0.15, 0.2) is 0 Å². The van der Waals surface area contributed by atoms with Crippen LogP contribution in [-0.2, 0) is 23.8 Å². The van der Waals surface area contributed by atoms with Crippen molar-refractivity contribution < 1.29 is 42.2 Å². The van der Waals surface area contributed by atoms with Gasteiger partial charge in [0.05, 0.1) is 0 Å². The number of halogens is 2. The summed E-state index contributed by atoms with van der Waals surface area (Å²) in [6.45, 7) is 14.2. The summed E-state index contributed by atoms with van der Waals surface area (Å²) in [5.41, 5.74) is 10.7. The van der Waals surface area contributed by atoms with E-state index in [2.05, 4.69) is 84.0 Å². The van der Waals surface area contributed by atoms with Crippen molar-refractivity contribution in [1.82, 2.24) is 0 Å². The van der Waals surface area contributed by atoms with Crippen LogP contribution in [-0.4, -0.2) is 3.81 Å². The van der Waals surface area contributed by atoms with E-state index in [0.717, 1.165) is 6.42 Å². The summed E-state index contributed by atoms with van der Waals surface area (Å²) in [6, 6.07) is 16.0. The first-order valence-electron chi connectivity index (χ1n) is 9.68. The second-order valence-corrected chi connectivity index (χ2v) is 12.5. The Hall–Kier alpha value is -0.916. The van der Waals surface area contributed by atoms with Crippen molar-refractivity contribution in [1.29, 1.82) is 0 Å². The Kier molecular flexibility index (Phi) is 7.38. The maximum Gasteiger partial charge on any atom is -1.00 e. The SMILES string of the molecule is CC1=C(C)C(C)[C]([Ti+2](=[C](C)C)[c]2cccc3c2Cc2ccccc2-3)=C1C.[Cl-].[Cl-]. The third kappa shape index (κ3) is 3.54. The van der Waals surface area contributed by atoms with Gasteiger partial charge in [0.1, 0.15) is 0 Å². The molecule has 0 heterocycles. The van der Waals surface area contributed by atoms with Gasteiger partial charge in [0.25, 0.3) is 0 Å². The molecule has 146 valence electrons. The van der Waals surface area contributed by atoms with Crippen LogP contribution in [0.2, 0.25) is 0 Å². The molecule has 2 aliphatic carbocycles. The van der Waals surface area contributed by atoms with Gasteiger partial charge in [-0.15, -0.1) is 0 Å². The second-order valence-electron chi connectivity index (χ2n) is 8.11. The Morgan fingerprint density at radius 3 is 2.11 bits per heavy atom. The minimum atomic E-state index is -1.68. The summed E-state index contributed by atoms with van der Waals surface area (Å²) in [5.74, 6) is 0.611. The molecule has 0 saturated heterocycles. The Balaban J connectivity index is 0.00000140. The summed E-state index contributed by atoms with van der Waals surface area (Å²) in [4.78, 5) is 0. The quantitative estimate of drug-likeness (QED) is 0.485. The monoisotopic (exact) mass is 446 g/mol. The van der Waals surface area contributed by atoms with Gasteiger partial charge in [0, 0.05) is 0 Å². The van der Waals surface area contributed by atoms with Crippen LogP contribution >= 0.6 is 0 Å². The van der Waals surface area contributed by atoms with Gasteiger partial charge in [-0.05, 0) is 0 Å². The molecule has 3 heteroatoms. The van der Waals surface area contributed by atoms with Gasteiger partial charge >= 0.3 is 164 Å². The Bertz CT molecular complexity index is 1020. The average Bonchev–Trinajstić information content (AvgIpc) is 3.09. The summed E-state index contributed by atoms with van der Waals surface area (Å²) in [5, 5.41) is 0. The van der Waals surface area contributed by atoms with Crippen LogP contribution in [0, 0.1) is 5.92 Å². The van der Waals surface area contributed by atoms with Gasteiger partial charge in [-0.1, -0.05) is 0 Å². The maximum atomic E-state index is 2.45. The van der Waals surface area contributed by atoms with E-state index in [0.29, 0.717) is 5.92 Å². The first-order chi connectivity index (χ1) is 12.4. The van der Waals surface area contributed by atoms with Crippen LogP contribution in [0.1, 0.15) is 52.7 Å². The molecule has 0 N–H and O–H groups in total. The molecule has 0 saturated carbocycles. The topological polar surface area (TPSA) is 0 Å². The summed E-state index contributed by atoms with van der Waals surface area (Å²) in [6.07, 6.45) is 1.11. The molecule has 0 nitrogen and oxygen atoms in total. The molecule has 0 aliphatic heterocycles. The van der Waals surface area contributed by atoms with E-state index in [1.165, 1.54) is 22.3 Å². The van der Waals surface area contributed by atoms with E-state index < -0.39 is 17.4 Å². The van der Waals surface area contributed by atoms with Crippen LogP contribution in [0.3, 0.4) is 0 Å². The minimum absolute atomic E-state index is 0. The smallest absolute Gasteiger partial charge is 1.00 e. The largest absolute Gasteiger partial charge is 1.00 e. The molecule has 2 aromatic carbocycles. The molecule has 28 heavy (non-hydrogen) atoms. The molecule has 0 fully saturated rings. The van der Waals surface area contributed by atoms with Crippen molar-refractivity contribution in [3.05, 3.63) is 74.2 Å². The molecule has 0 spiro atoms. The van der Waals surface area contributed by atoms with Crippen molar-refractivity contribution in [2.75, 3.05) is 0 Å². The van der Waals surface area contributed by atoms with Crippen LogP contribution in [0.25, 0.3) is 11.1 Å². The molecule has 1 unspecified atom stereocenters. The zero-order chi connectivity index (χ0) is 18.6. The van der Waals surface area contributed by atoms with Gasteiger partial charge in [0.2, 0.25) is 0 Å². The van der Waals surface area contributed by atoms with Crippen LogP contribution in [0.4, 0.5) is 0 Å². The van der Waals surface area contributed by atoms with Crippen LogP contribution in [0.15, 0.2) is 63.1 Å². The van der Waals surface area contributed by atoms with Gasteiger partial charge in [-0.3, -0.25) is 0 Å². The Morgan fingerprint density at radius 2 is 1.50 bits per heavy atom. The van der Waals surface area contributed by atoms with Crippen molar-refractivity contribution in [3.63, 3.8) is 0 Å². The van der Waals surface area contributed by atoms with Crippen LogP contribution in [0.5, 0.6) is 0 Å². The molecule has 0 bridgehead atoms. The predicted octanol–water partition coefficient (Wildman–Crippen LogP) is -0.0184. The standard InChI is InChI=1S/C13H9.C9H13.C3H6.2ClH.Ti/c1-3-7-12-10(5-1)9-11-6-2-4-8-13(11)12;1-6-5-7(2)9(4)8(6)3;1-3-2;;;/h1-5,7-8H,9H2;6H,1-4H3;1-2H3;2*1H;/q;;;;;+2/p-2. The molecular weight excluding hydrogens is 419 g/mol. The minimum Gasteiger partial charge on any atom is -1.00 e. The third-order valence-corrected chi connectivity index (χ3v) is 11.8. The Labute approximate surface area is 188 Å². The fraction of sp³-hybridized carbons (Fsp3) is 0.320. The van der Waals surface area contributed by atoms with E-state index >= 15 is 0 Å². The normalized spacial score (nSPS) is 16.7. The van der Waals surface area contributed by atoms with E-state index in [1.807, 2.05) is 0 Å². The zero-order valence-corrected chi connectivity index (χ0v) is 20.7. The first kappa shape index (κ1) is 23.4. The Morgan fingerprint density at radius 1 is 0.857 bits per heavy atom. The molecule has 0 amide bonds. The van der Waals surface area contributed by atoms with Gasteiger partial charge in [-0.25, -0.2) is 0 Å².